The van der Waals surface area contributed by atoms with E-state index >= 15 is 0 Å². The topological polar surface area (TPSA) is 128 Å². The van der Waals surface area contributed by atoms with Gasteiger partial charge in [0.05, 0.1) is 12.0 Å². The minimum absolute atomic E-state index is 0.0249. The van der Waals surface area contributed by atoms with Crippen LogP contribution in [0.2, 0.25) is 0 Å². The lowest BCUT2D eigenvalue weighted by Gasteiger charge is -2.39. The van der Waals surface area contributed by atoms with Gasteiger partial charge in [-0.25, -0.2) is 4.79 Å². The molecule has 4 rings (SSSR count). The van der Waals surface area contributed by atoms with E-state index in [1.165, 1.54) is 17.0 Å². The van der Waals surface area contributed by atoms with Gasteiger partial charge < -0.3 is 20.1 Å². The molecule has 0 saturated carbocycles. The van der Waals surface area contributed by atoms with Gasteiger partial charge in [-0.1, -0.05) is 12.1 Å². The van der Waals surface area contributed by atoms with Crippen molar-refractivity contribution in [2.24, 2.45) is 5.73 Å². The van der Waals surface area contributed by atoms with Crippen molar-refractivity contribution in [3.63, 3.8) is 0 Å². The first-order chi connectivity index (χ1) is 16.8. The summed E-state index contributed by atoms with van der Waals surface area (Å²) in [6, 6.07) is 13.0. The third-order valence-electron chi connectivity index (χ3n) is 6.16. The molecule has 0 aromatic heterocycles. The Balaban J connectivity index is 1.38. The molecule has 2 aliphatic heterocycles. The monoisotopic (exact) mass is 500 g/mol. The summed E-state index contributed by atoms with van der Waals surface area (Å²) < 4.78 is 10.7. The van der Waals surface area contributed by atoms with Crippen LogP contribution in [0.25, 0.3) is 0 Å². The number of nitrogens with zero attached hydrogens (tertiary/aromatic N) is 3. The highest BCUT2D eigenvalue weighted by Crippen LogP contribution is 2.32. The number of methoxy groups -OCH3 is 1. The number of nitro groups is 1. The standard InChI is InChI=1S/C24H28N4O6S/c1-33-20-8-4-17(5-9-20)15-35-21-10-22(23(29)26-11-18(25)12-26)27(13-21)24(30)34-14-16-2-6-19(7-3-16)28(31)32/h2-9,18,21-22H,10-15,25H2,1H3/t21-,22-/m0/s1. The van der Waals surface area contributed by atoms with Gasteiger partial charge in [-0.15, -0.1) is 0 Å². The first kappa shape index (κ1) is 24.8. The van der Waals surface area contributed by atoms with Crippen molar-refractivity contribution in [3.8, 4) is 5.75 Å². The molecule has 0 spiro atoms. The van der Waals surface area contributed by atoms with E-state index in [1.807, 2.05) is 24.3 Å². The lowest BCUT2D eigenvalue weighted by molar-refractivity contribution is -0.384. The van der Waals surface area contributed by atoms with Crippen LogP contribution in [-0.2, 0) is 21.9 Å². The maximum atomic E-state index is 13.1. The summed E-state index contributed by atoms with van der Waals surface area (Å²) in [4.78, 5) is 39.6. The van der Waals surface area contributed by atoms with E-state index in [-0.39, 0.29) is 29.5 Å². The van der Waals surface area contributed by atoms with Gasteiger partial charge in [-0.3, -0.25) is 19.8 Å². The summed E-state index contributed by atoms with van der Waals surface area (Å²) in [5.41, 5.74) is 7.58. The zero-order valence-electron chi connectivity index (χ0n) is 19.4. The Morgan fingerprint density at radius 3 is 2.34 bits per heavy atom. The molecule has 11 heteroatoms. The minimum Gasteiger partial charge on any atom is -0.497 e. The molecule has 2 aromatic carbocycles. The fourth-order valence-corrected chi connectivity index (χ4v) is 5.34. The molecule has 0 unspecified atom stereocenters. The van der Waals surface area contributed by atoms with Crippen molar-refractivity contribution in [1.82, 2.24) is 9.80 Å². The minimum atomic E-state index is -0.597. The molecule has 35 heavy (non-hydrogen) atoms. The maximum absolute atomic E-state index is 13.1. The number of nitrogens with two attached hydrogens (primary N) is 1. The molecule has 2 saturated heterocycles. The molecule has 2 fully saturated rings. The number of likely N-dealkylation sites (tertiary alicyclic amines) is 2. The molecule has 2 aliphatic rings. The number of carbonyl (C=O) groups is 2. The molecule has 10 nitrogen and oxygen atoms in total. The highest BCUT2D eigenvalue weighted by atomic mass is 32.2. The Labute approximate surface area is 207 Å². The van der Waals surface area contributed by atoms with Crippen LogP contribution in [0, 0.1) is 10.1 Å². The van der Waals surface area contributed by atoms with Gasteiger partial charge in [0.25, 0.3) is 5.69 Å². The molecule has 2 amide bonds. The zero-order valence-corrected chi connectivity index (χ0v) is 20.2. The lowest BCUT2D eigenvalue weighted by atomic mass is 10.1. The largest absolute Gasteiger partial charge is 0.497 e. The molecule has 0 bridgehead atoms. The molecular weight excluding hydrogens is 472 g/mol. The predicted octanol–water partition coefficient (Wildman–Crippen LogP) is 2.79. The van der Waals surface area contributed by atoms with E-state index in [0.29, 0.717) is 31.6 Å². The van der Waals surface area contributed by atoms with Gasteiger partial charge in [-0.05, 0) is 41.8 Å². The van der Waals surface area contributed by atoms with Crippen molar-refractivity contribution >= 4 is 29.4 Å². The van der Waals surface area contributed by atoms with Crippen molar-refractivity contribution in [2.45, 2.75) is 36.1 Å². The van der Waals surface area contributed by atoms with E-state index in [0.717, 1.165) is 17.1 Å². The van der Waals surface area contributed by atoms with E-state index in [9.17, 15) is 19.7 Å². The van der Waals surface area contributed by atoms with E-state index < -0.39 is 17.1 Å². The van der Waals surface area contributed by atoms with Crippen LogP contribution in [-0.4, -0.2) is 70.8 Å². The molecule has 0 aliphatic carbocycles. The number of ether oxygens (including phenoxy) is 2. The average molecular weight is 501 g/mol. The van der Waals surface area contributed by atoms with Gasteiger partial charge in [0, 0.05) is 48.8 Å². The van der Waals surface area contributed by atoms with E-state index in [4.69, 9.17) is 15.2 Å². The third kappa shape index (κ3) is 6.04. The van der Waals surface area contributed by atoms with Crippen LogP contribution < -0.4 is 10.5 Å². The Bertz CT molecular complexity index is 1060. The predicted molar refractivity (Wildman–Crippen MR) is 131 cm³/mol. The smallest absolute Gasteiger partial charge is 0.410 e. The lowest BCUT2D eigenvalue weighted by Crippen LogP contribution is -2.61. The van der Waals surface area contributed by atoms with E-state index in [1.54, 1.807) is 35.9 Å². The normalized spacial score (nSPS) is 19.8. The first-order valence-electron chi connectivity index (χ1n) is 11.3. The van der Waals surface area contributed by atoms with Crippen LogP contribution in [0.3, 0.4) is 0 Å². The fourth-order valence-electron chi connectivity index (χ4n) is 4.14. The van der Waals surface area contributed by atoms with Crippen molar-refractivity contribution in [2.75, 3.05) is 26.7 Å². The second kappa shape index (κ2) is 11.0. The summed E-state index contributed by atoms with van der Waals surface area (Å²) >= 11 is 1.70. The van der Waals surface area contributed by atoms with Gasteiger partial charge in [0.15, 0.2) is 0 Å². The summed E-state index contributed by atoms with van der Waals surface area (Å²) in [7, 11) is 1.62. The first-order valence-corrected chi connectivity index (χ1v) is 12.3. The van der Waals surface area contributed by atoms with Crippen LogP contribution in [0.15, 0.2) is 48.5 Å². The van der Waals surface area contributed by atoms with Crippen LogP contribution in [0.5, 0.6) is 5.75 Å². The summed E-state index contributed by atoms with van der Waals surface area (Å²) in [5, 5.41) is 10.9. The average Bonchev–Trinajstić information content (AvgIpc) is 3.28. The summed E-state index contributed by atoms with van der Waals surface area (Å²) in [5.74, 6) is 1.43. The van der Waals surface area contributed by atoms with Crippen molar-refractivity contribution in [1.29, 1.82) is 0 Å². The van der Waals surface area contributed by atoms with Crippen molar-refractivity contribution < 1.29 is 24.0 Å². The number of thioether (sulfide) groups is 1. The van der Waals surface area contributed by atoms with Crippen molar-refractivity contribution in [3.05, 3.63) is 69.8 Å². The Morgan fingerprint density at radius 1 is 1.09 bits per heavy atom. The number of nitro benzene ring substituents is 1. The van der Waals surface area contributed by atoms with Gasteiger partial charge in [-0.2, -0.15) is 11.8 Å². The number of hydrogen-bond acceptors (Lipinski definition) is 8. The Hall–Kier alpha value is -3.31. The second-order valence-corrected chi connectivity index (χ2v) is 9.96. The zero-order chi connectivity index (χ0) is 24.9. The second-order valence-electron chi connectivity index (χ2n) is 8.67. The molecule has 2 heterocycles. The number of amides is 2. The van der Waals surface area contributed by atoms with Gasteiger partial charge >= 0.3 is 6.09 Å². The number of rotatable bonds is 8. The van der Waals surface area contributed by atoms with E-state index in [2.05, 4.69) is 0 Å². The van der Waals surface area contributed by atoms with Crippen LogP contribution in [0.4, 0.5) is 10.5 Å². The molecule has 2 aromatic rings. The molecule has 186 valence electrons. The van der Waals surface area contributed by atoms with Crippen LogP contribution in [0.1, 0.15) is 17.5 Å². The Morgan fingerprint density at radius 2 is 1.74 bits per heavy atom. The summed E-state index contributed by atoms with van der Waals surface area (Å²) in [6.07, 6.45) is -0.0306. The molecule has 0 radical (unpaired) electrons. The number of benzene rings is 2. The molecule has 2 atom stereocenters. The maximum Gasteiger partial charge on any atom is 0.410 e. The fraction of sp³-hybridized carbons (Fsp3) is 0.417. The quantitative estimate of drug-likeness (QED) is 0.433. The van der Waals surface area contributed by atoms with Crippen LogP contribution >= 0.6 is 11.8 Å². The summed E-state index contributed by atoms with van der Waals surface area (Å²) in [6.45, 7) is 1.35. The van der Waals surface area contributed by atoms with Gasteiger partial charge in [0.2, 0.25) is 5.91 Å². The van der Waals surface area contributed by atoms with Gasteiger partial charge in [0.1, 0.15) is 18.4 Å². The number of hydrogen-bond donors (Lipinski definition) is 1. The SMILES string of the molecule is COc1ccc(CS[C@H]2C[C@@H](C(=O)N3CC(N)C3)N(C(=O)OCc3ccc([N+](=O)[O-])cc3)C2)cc1. The number of carbonyl (C=O) groups excluding carboxylic acids is 2. The molecular formula is C24H28N4O6S. The molecule has 2 N–H and O–H groups in total. The highest BCUT2D eigenvalue weighted by molar-refractivity contribution is 7.99. The Kier molecular flexibility index (Phi) is 7.76. The third-order valence-corrected chi connectivity index (χ3v) is 7.47. The highest BCUT2D eigenvalue weighted by Gasteiger charge is 2.44. The number of non-ortho nitro benzene ring substituents is 1.